The van der Waals surface area contributed by atoms with Crippen LogP contribution in [0, 0.1) is 0 Å². The van der Waals surface area contributed by atoms with Crippen molar-refractivity contribution in [2.45, 2.75) is 23.7 Å². The number of anilines is 2. The summed E-state index contributed by atoms with van der Waals surface area (Å²) >= 11 is 1.30. The third kappa shape index (κ3) is 2.69. The number of nitrogens with one attached hydrogen (secondary N) is 1. The van der Waals surface area contributed by atoms with E-state index < -0.39 is 10.0 Å². The summed E-state index contributed by atoms with van der Waals surface area (Å²) < 4.78 is 26.7. The maximum atomic E-state index is 12.1. The molecule has 100 valence electrons. The van der Waals surface area contributed by atoms with Crippen LogP contribution in [0.5, 0.6) is 0 Å². The van der Waals surface area contributed by atoms with Gasteiger partial charge in [0.05, 0.1) is 10.6 Å². The summed E-state index contributed by atoms with van der Waals surface area (Å²) in [6.07, 6.45) is 3.63. The number of nitrogens with two attached hydrogens (primary N) is 1. The standard InChI is InChI=1S/C11H12N4O2S2/c12-10-5-8(3-4-13-10)19(16,17)15-11-14-9(6-18-11)7-1-2-7/h3-7H,1-2H2,(H2,12,13)(H,14,15). The summed E-state index contributed by atoms with van der Waals surface area (Å²) in [6.45, 7) is 0. The number of nitrogen functional groups attached to an aromatic ring is 1. The third-order valence-electron chi connectivity index (χ3n) is 2.80. The lowest BCUT2D eigenvalue weighted by Gasteiger charge is -2.05. The van der Waals surface area contributed by atoms with Crippen molar-refractivity contribution in [3.05, 3.63) is 29.4 Å². The number of hydrogen-bond acceptors (Lipinski definition) is 6. The van der Waals surface area contributed by atoms with Gasteiger partial charge in [-0.25, -0.2) is 18.4 Å². The van der Waals surface area contributed by atoms with E-state index in [1.54, 1.807) is 0 Å². The average Bonchev–Trinajstić information content (AvgIpc) is 3.11. The van der Waals surface area contributed by atoms with Crippen molar-refractivity contribution >= 4 is 32.3 Å². The molecule has 0 spiro atoms. The Morgan fingerprint density at radius 1 is 1.42 bits per heavy atom. The van der Waals surface area contributed by atoms with Crippen LogP contribution in [0.4, 0.5) is 10.9 Å². The Balaban J connectivity index is 1.84. The smallest absolute Gasteiger partial charge is 0.263 e. The van der Waals surface area contributed by atoms with Crippen molar-refractivity contribution in [3.63, 3.8) is 0 Å². The Morgan fingerprint density at radius 3 is 2.89 bits per heavy atom. The molecule has 2 aromatic heterocycles. The lowest BCUT2D eigenvalue weighted by molar-refractivity contribution is 0.601. The molecule has 1 fully saturated rings. The Bertz CT molecular complexity index is 707. The highest BCUT2D eigenvalue weighted by molar-refractivity contribution is 7.93. The maximum absolute atomic E-state index is 12.1. The van der Waals surface area contributed by atoms with Gasteiger partial charge in [0.1, 0.15) is 5.82 Å². The van der Waals surface area contributed by atoms with Crippen LogP contribution in [0.15, 0.2) is 28.6 Å². The van der Waals surface area contributed by atoms with Crippen LogP contribution < -0.4 is 10.5 Å². The largest absolute Gasteiger partial charge is 0.384 e. The molecule has 3 rings (SSSR count). The van der Waals surface area contributed by atoms with Crippen LogP contribution in [0.1, 0.15) is 24.5 Å². The summed E-state index contributed by atoms with van der Waals surface area (Å²) in [5, 5.41) is 2.29. The van der Waals surface area contributed by atoms with E-state index in [-0.39, 0.29) is 10.7 Å². The first-order valence-electron chi connectivity index (χ1n) is 5.74. The molecule has 19 heavy (non-hydrogen) atoms. The summed E-state index contributed by atoms with van der Waals surface area (Å²) in [7, 11) is -3.65. The monoisotopic (exact) mass is 296 g/mol. The van der Waals surface area contributed by atoms with E-state index in [9.17, 15) is 8.42 Å². The van der Waals surface area contributed by atoms with E-state index in [0.717, 1.165) is 18.5 Å². The molecule has 0 saturated heterocycles. The lowest BCUT2D eigenvalue weighted by Crippen LogP contribution is -2.13. The van der Waals surface area contributed by atoms with Crippen LogP contribution in [-0.2, 0) is 10.0 Å². The first kappa shape index (κ1) is 12.4. The molecule has 0 aromatic carbocycles. The molecule has 3 N–H and O–H groups in total. The fraction of sp³-hybridized carbons (Fsp3) is 0.273. The van der Waals surface area contributed by atoms with E-state index in [2.05, 4.69) is 14.7 Å². The molecule has 0 aliphatic heterocycles. The molecule has 0 bridgehead atoms. The summed E-state index contributed by atoms with van der Waals surface area (Å²) in [5.41, 5.74) is 6.45. The maximum Gasteiger partial charge on any atom is 0.263 e. The molecule has 0 unspecified atom stereocenters. The molecule has 6 nitrogen and oxygen atoms in total. The minimum atomic E-state index is -3.65. The number of thiazole rings is 1. The molecule has 2 aromatic rings. The summed E-state index contributed by atoms with van der Waals surface area (Å²) in [5.74, 6) is 0.673. The number of nitrogens with zero attached hydrogens (tertiary/aromatic N) is 2. The molecule has 1 saturated carbocycles. The zero-order valence-electron chi connectivity index (χ0n) is 9.91. The Morgan fingerprint density at radius 2 is 2.21 bits per heavy atom. The van der Waals surface area contributed by atoms with Gasteiger partial charge in [-0.15, -0.1) is 11.3 Å². The Kier molecular flexibility index (Phi) is 2.90. The van der Waals surface area contributed by atoms with Crippen molar-refractivity contribution in [2.75, 3.05) is 10.5 Å². The normalized spacial score (nSPS) is 15.4. The highest BCUT2D eigenvalue weighted by Crippen LogP contribution is 2.41. The van der Waals surface area contributed by atoms with Crippen molar-refractivity contribution < 1.29 is 8.42 Å². The number of hydrogen-bond donors (Lipinski definition) is 2. The minimum Gasteiger partial charge on any atom is -0.384 e. The van der Waals surface area contributed by atoms with Crippen LogP contribution >= 0.6 is 11.3 Å². The second-order valence-corrected chi connectivity index (χ2v) is 6.91. The van der Waals surface area contributed by atoms with E-state index in [1.165, 1.54) is 29.7 Å². The molecule has 2 heterocycles. The summed E-state index contributed by atoms with van der Waals surface area (Å²) in [4.78, 5) is 8.14. The van der Waals surface area contributed by atoms with Crippen molar-refractivity contribution in [3.8, 4) is 0 Å². The topological polar surface area (TPSA) is 98.0 Å². The highest BCUT2D eigenvalue weighted by Gasteiger charge is 2.26. The van der Waals surface area contributed by atoms with Gasteiger partial charge in [0.25, 0.3) is 10.0 Å². The molecular weight excluding hydrogens is 284 g/mol. The highest BCUT2D eigenvalue weighted by atomic mass is 32.2. The fourth-order valence-corrected chi connectivity index (χ4v) is 3.74. The second-order valence-electron chi connectivity index (χ2n) is 4.37. The Labute approximate surface area is 114 Å². The zero-order valence-corrected chi connectivity index (χ0v) is 11.5. The number of sulfonamides is 1. The van der Waals surface area contributed by atoms with Gasteiger partial charge in [-0.2, -0.15) is 0 Å². The van der Waals surface area contributed by atoms with E-state index in [1.807, 2.05) is 5.38 Å². The molecule has 0 radical (unpaired) electrons. The van der Waals surface area contributed by atoms with E-state index in [0.29, 0.717) is 11.0 Å². The number of rotatable bonds is 4. The quantitative estimate of drug-likeness (QED) is 0.896. The van der Waals surface area contributed by atoms with Gasteiger partial charge in [0, 0.05) is 23.6 Å². The van der Waals surface area contributed by atoms with Gasteiger partial charge in [0.15, 0.2) is 5.13 Å². The predicted octanol–water partition coefficient (Wildman–Crippen LogP) is 1.80. The number of aromatic nitrogens is 2. The molecule has 0 amide bonds. The van der Waals surface area contributed by atoms with Gasteiger partial charge in [-0.05, 0) is 18.9 Å². The molecule has 1 aliphatic rings. The average molecular weight is 296 g/mol. The van der Waals surface area contributed by atoms with Gasteiger partial charge >= 0.3 is 0 Å². The molecule has 1 aliphatic carbocycles. The predicted molar refractivity (Wildman–Crippen MR) is 73.5 cm³/mol. The van der Waals surface area contributed by atoms with E-state index in [4.69, 9.17) is 5.73 Å². The van der Waals surface area contributed by atoms with Crippen LogP contribution in [0.3, 0.4) is 0 Å². The number of pyridine rings is 1. The van der Waals surface area contributed by atoms with Gasteiger partial charge in [-0.1, -0.05) is 0 Å². The van der Waals surface area contributed by atoms with Crippen LogP contribution in [0.25, 0.3) is 0 Å². The molecule has 8 heteroatoms. The SMILES string of the molecule is Nc1cc(S(=O)(=O)Nc2nc(C3CC3)cs2)ccn1. The summed E-state index contributed by atoms with van der Waals surface area (Å²) in [6, 6.07) is 2.71. The first-order chi connectivity index (χ1) is 9.04. The Hall–Kier alpha value is -1.67. The fourth-order valence-electron chi connectivity index (χ4n) is 1.67. The van der Waals surface area contributed by atoms with Crippen molar-refractivity contribution in [1.82, 2.24) is 9.97 Å². The lowest BCUT2D eigenvalue weighted by atomic mass is 10.3. The first-order valence-corrected chi connectivity index (χ1v) is 8.11. The van der Waals surface area contributed by atoms with E-state index >= 15 is 0 Å². The van der Waals surface area contributed by atoms with Crippen LogP contribution in [0.2, 0.25) is 0 Å². The second kappa shape index (κ2) is 4.46. The third-order valence-corrected chi connectivity index (χ3v) is 5.04. The van der Waals surface area contributed by atoms with Crippen LogP contribution in [-0.4, -0.2) is 18.4 Å². The van der Waals surface area contributed by atoms with Crippen molar-refractivity contribution in [1.29, 1.82) is 0 Å². The minimum absolute atomic E-state index is 0.0863. The van der Waals surface area contributed by atoms with Gasteiger partial charge in [-0.3, -0.25) is 4.72 Å². The molecular formula is C11H12N4O2S2. The molecule has 0 atom stereocenters. The van der Waals surface area contributed by atoms with Gasteiger partial charge in [0.2, 0.25) is 0 Å². The zero-order chi connectivity index (χ0) is 13.5. The van der Waals surface area contributed by atoms with Gasteiger partial charge < -0.3 is 5.73 Å². The van der Waals surface area contributed by atoms with Crippen molar-refractivity contribution in [2.24, 2.45) is 0 Å².